The summed E-state index contributed by atoms with van der Waals surface area (Å²) < 4.78 is 25.6. The number of hydrogen-bond acceptors (Lipinski definition) is 3. The molecule has 5 heteroatoms. The summed E-state index contributed by atoms with van der Waals surface area (Å²) in [6.45, 7) is 1.23. The number of rotatable bonds is 8. The van der Waals surface area contributed by atoms with Crippen molar-refractivity contribution in [3.05, 3.63) is 35.9 Å². The van der Waals surface area contributed by atoms with Gasteiger partial charge in [0.15, 0.2) is 0 Å². The lowest BCUT2D eigenvalue weighted by molar-refractivity contribution is 0.452. The summed E-state index contributed by atoms with van der Waals surface area (Å²) in [6.07, 6.45) is 2.79. The fraction of sp³-hybridized carbons (Fsp3) is 0.538. The minimum atomic E-state index is -3.20. The Morgan fingerprint density at radius 2 is 1.78 bits per heavy atom. The summed E-state index contributed by atoms with van der Waals surface area (Å²) in [5, 5.41) is 0. The van der Waals surface area contributed by atoms with E-state index in [0.717, 1.165) is 24.8 Å². The second-order valence-electron chi connectivity index (χ2n) is 4.41. The van der Waals surface area contributed by atoms with E-state index in [9.17, 15) is 8.42 Å². The second kappa shape index (κ2) is 7.51. The predicted octanol–water partition coefficient (Wildman–Crippen LogP) is 1.58. The zero-order valence-corrected chi connectivity index (χ0v) is 11.7. The molecule has 0 aliphatic rings. The molecule has 1 aromatic carbocycles. The van der Waals surface area contributed by atoms with E-state index in [1.807, 2.05) is 30.3 Å². The topological polar surface area (TPSA) is 63.4 Å². The summed E-state index contributed by atoms with van der Waals surface area (Å²) in [4.78, 5) is 0. The van der Waals surface area contributed by atoms with Gasteiger partial charge in [-0.1, -0.05) is 36.8 Å². The normalized spacial score (nSPS) is 11.9. The SMILES string of the molecule is CN(CCCCCN)S(=O)(=O)Cc1ccccc1. The first-order valence-corrected chi connectivity index (χ1v) is 7.85. The fourth-order valence-corrected chi connectivity index (χ4v) is 2.93. The van der Waals surface area contributed by atoms with Crippen LogP contribution >= 0.6 is 0 Å². The van der Waals surface area contributed by atoms with Crippen LogP contribution < -0.4 is 5.73 Å². The van der Waals surface area contributed by atoms with Gasteiger partial charge in [0.25, 0.3) is 0 Å². The van der Waals surface area contributed by atoms with Gasteiger partial charge in [-0.15, -0.1) is 0 Å². The quantitative estimate of drug-likeness (QED) is 0.729. The van der Waals surface area contributed by atoms with Crippen molar-refractivity contribution in [3.8, 4) is 0 Å². The summed E-state index contributed by atoms with van der Waals surface area (Å²) in [7, 11) is -1.56. The Kier molecular flexibility index (Phi) is 6.32. The first-order chi connectivity index (χ1) is 8.56. The van der Waals surface area contributed by atoms with Crippen LogP contribution in [0.3, 0.4) is 0 Å². The third kappa shape index (κ3) is 5.16. The molecule has 0 aliphatic carbocycles. The average molecular weight is 270 g/mol. The monoisotopic (exact) mass is 270 g/mol. The Bertz CT molecular complexity index is 432. The molecule has 0 unspecified atom stereocenters. The molecule has 0 fully saturated rings. The van der Waals surface area contributed by atoms with Crippen molar-refractivity contribution in [2.75, 3.05) is 20.1 Å². The molecule has 0 amide bonds. The van der Waals surface area contributed by atoms with Crippen molar-refractivity contribution in [1.82, 2.24) is 4.31 Å². The van der Waals surface area contributed by atoms with Gasteiger partial charge < -0.3 is 5.73 Å². The Balaban J connectivity index is 2.47. The molecule has 0 spiro atoms. The standard InChI is InChI=1S/C13H22N2O2S/c1-15(11-7-3-6-10-14)18(16,17)12-13-8-4-2-5-9-13/h2,4-5,8-9H,3,6-7,10-12,14H2,1H3. The molecule has 2 N–H and O–H groups in total. The van der Waals surface area contributed by atoms with Crippen LogP contribution in [0.5, 0.6) is 0 Å². The molecule has 0 saturated heterocycles. The van der Waals surface area contributed by atoms with Crippen LogP contribution in [0.4, 0.5) is 0 Å². The molecule has 1 aromatic rings. The maximum Gasteiger partial charge on any atom is 0.218 e. The lowest BCUT2D eigenvalue weighted by Crippen LogP contribution is -2.29. The molecule has 0 atom stereocenters. The molecule has 0 aliphatic heterocycles. The molecule has 0 bridgehead atoms. The Labute approximate surface area is 110 Å². The summed E-state index contributed by atoms with van der Waals surface area (Å²) >= 11 is 0. The maximum atomic E-state index is 12.1. The molecule has 0 saturated carbocycles. The number of sulfonamides is 1. The molecular weight excluding hydrogens is 248 g/mol. The highest BCUT2D eigenvalue weighted by Gasteiger charge is 2.17. The van der Waals surface area contributed by atoms with Gasteiger partial charge in [0.1, 0.15) is 0 Å². The smallest absolute Gasteiger partial charge is 0.218 e. The highest BCUT2D eigenvalue weighted by atomic mass is 32.2. The van der Waals surface area contributed by atoms with E-state index in [1.165, 1.54) is 4.31 Å². The van der Waals surface area contributed by atoms with Crippen LogP contribution in [0.1, 0.15) is 24.8 Å². The van der Waals surface area contributed by atoms with E-state index in [4.69, 9.17) is 5.73 Å². The highest BCUT2D eigenvalue weighted by molar-refractivity contribution is 7.88. The van der Waals surface area contributed by atoms with Gasteiger partial charge in [-0.05, 0) is 24.9 Å². The van der Waals surface area contributed by atoms with Gasteiger partial charge in [0, 0.05) is 13.6 Å². The Hall–Kier alpha value is -0.910. The fourth-order valence-electron chi connectivity index (χ4n) is 1.69. The van der Waals surface area contributed by atoms with E-state index in [2.05, 4.69) is 0 Å². The minimum absolute atomic E-state index is 0.0707. The van der Waals surface area contributed by atoms with Crippen LogP contribution in [0.15, 0.2) is 30.3 Å². The largest absolute Gasteiger partial charge is 0.330 e. The molecular formula is C13H22N2O2S. The van der Waals surface area contributed by atoms with E-state index in [0.29, 0.717) is 13.1 Å². The first-order valence-electron chi connectivity index (χ1n) is 6.24. The average Bonchev–Trinajstić information content (AvgIpc) is 2.35. The maximum absolute atomic E-state index is 12.1. The zero-order chi connectivity index (χ0) is 13.4. The minimum Gasteiger partial charge on any atom is -0.330 e. The number of benzene rings is 1. The van der Waals surface area contributed by atoms with Gasteiger partial charge in [0.2, 0.25) is 10.0 Å². The van der Waals surface area contributed by atoms with Crippen LogP contribution in [0.25, 0.3) is 0 Å². The second-order valence-corrected chi connectivity index (χ2v) is 6.49. The summed E-state index contributed by atoms with van der Waals surface area (Å²) in [5.74, 6) is 0.0707. The third-order valence-electron chi connectivity index (χ3n) is 2.84. The summed E-state index contributed by atoms with van der Waals surface area (Å²) in [5.41, 5.74) is 6.23. The van der Waals surface area contributed by atoms with Crippen LogP contribution in [0, 0.1) is 0 Å². The first kappa shape index (κ1) is 15.1. The van der Waals surface area contributed by atoms with Gasteiger partial charge in [-0.25, -0.2) is 12.7 Å². The van der Waals surface area contributed by atoms with Crippen LogP contribution in [0.2, 0.25) is 0 Å². The molecule has 4 nitrogen and oxygen atoms in total. The molecule has 102 valence electrons. The van der Waals surface area contributed by atoms with Crippen molar-refractivity contribution in [2.45, 2.75) is 25.0 Å². The van der Waals surface area contributed by atoms with Gasteiger partial charge in [-0.3, -0.25) is 0 Å². The van der Waals surface area contributed by atoms with Crippen molar-refractivity contribution in [2.24, 2.45) is 5.73 Å². The third-order valence-corrected chi connectivity index (χ3v) is 4.67. The van der Waals surface area contributed by atoms with Crippen molar-refractivity contribution in [1.29, 1.82) is 0 Å². The number of nitrogens with two attached hydrogens (primary N) is 1. The Morgan fingerprint density at radius 3 is 2.39 bits per heavy atom. The molecule has 0 heterocycles. The highest BCUT2D eigenvalue weighted by Crippen LogP contribution is 2.10. The van der Waals surface area contributed by atoms with E-state index >= 15 is 0 Å². The lowest BCUT2D eigenvalue weighted by atomic mass is 10.2. The van der Waals surface area contributed by atoms with Crippen molar-refractivity contribution >= 4 is 10.0 Å². The number of nitrogens with zero attached hydrogens (tertiary/aromatic N) is 1. The molecule has 18 heavy (non-hydrogen) atoms. The van der Waals surface area contributed by atoms with E-state index in [-0.39, 0.29) is 5.75 Å². The van der Waals surface area contributed by atoms with Crippen LogP contribution in [-0.2, 0) is 15.8 Å². The van der Waals surface area contributed by atoms with Gasteiger partial charge in [-0.2, -0.15) is 0 Å². The Morgan fingerprint density at radius 1 is 1.11 bits per heavy atom. The van der Waals surface area contributed by atoms with Crippen LogP contribution in [-0.4, -0.2) is 32.9 Å². The molecule has 0 radical (unpaired) electrons. The van der Waals surface area contributed by atoms with E-state index < -0.39 is 10.0 Å². The van der Waals surface area contributed by atoms with Gasteiger partial charge >= 0.3 is 0 Å². The number of hydrogen-bond donors (Lipinski definition) is 1. The van der Waals surface area contributed by atoms with E-state index in [1.54, 1.807) is 7.05 Å². The van der Waals surface area contributed by atoms with Gasteiger partial charge in [0.05, 0.1) is 5.75 Å². The van der Waals surface area contributed by atoms with Crippen molar-refractivity contribution < 1.29 is 8.42 Å². The lowest BCUT2D eigenvalue weighted by Gasteiger charge is -2.17. The predicted molar refractivity (Wildman–Crippen MR) is 74.6 cm³/mol. The molecule has 1 rings (SSSR count). The van der Waals surface area contributed by atoms with Crippen molar-refractivity contribution in [3.63, 3.8) is 0 Å². The summed E-state index contributed by atoms with van der Waals surface area (Å²) in [6, 6.07) is 9.25. The zero-order valence-electron chi connectivity index (χ0n) is 10.9. The number of unbranched alkanes of at least 4 members (excludes halogenated alkanes) is 2. The molecule has 0 aromatic heterocycles.